The number of aliphatic hydroxyl groups is 2. The fourth-order valence-corrected chi connectivity index (χ4v) is 8.43. The second-order valence-corrected chi connectivity index (χ2v) is 13.9. The van der Waals surface area contributed by atoms with Crippen molar-refractivity contribution in [1.82, 2.24) is 4.90 Å². The number of aryl methyl sites for hydroxylation is 1. The average molecular weight is 621 g/mol. The van der Waals surface area contributed by atoms with Gasteiger partial charge >= 0.3 is 5.97 Å². The smallest absolute Gasteiger partial charge is 0.343 e. The Labute approximate surface area is 263 Å². The summed E-state index contributed by atoms with van der Waals surface area (Å²) in [5, 5.41) is 23.9. The molecule has 2 aromatic carbocycles. The maximum Gasteiger partial charge on any atom is 0.343 e. The molecule has 0 aromatic heterocycles. The quantitative estimate of drug-likeness (QED) is 0.357. The number of fused-ring (bicyclic) bond motifs is 5. The molecule has 3 heterocycles. The van der Waals surface area contributed by atoms with Crippen molar-refractivity contribution in [3.8, 4) is 5.75 Å². The molecule has 2 fully saturated rings. The van der Waals surface area contributed by atoms with Crippen molar-refractivity contribution < 1.29 is 29.3 Å². The standard InChI is InChI=1S/C35H41ClN2O6/c1-43-33(41)35(42)18-32(40)38-15-13-26(38)5-2-6-30(39)27-10-7-23(27)19-37-20-34(21-44-31-12-8-24(35)17-29(31)37)14-3-4-22-16-25(36)9-11-28(22)34/h2,6,8-9,11-12,16-17,23,26-27,30,39,42H,3-5,7,10,13-15,18-21H2,1H3/b6-2+/t23-,26-,27+,30-,34-,35-/m0/s1. The summed E-state index contributed by atoms with van der Waals surface area (Å²) in [5.74, 6) is -0.0841. The minimum Gasteiger partial charge on any atom is -0.490 e. The Morgan fingerprint density at radius 3 is 2.77 bits per heavy atom. The van der Waals surface area contributed by atoms with Crippen LogP contribution in [0, 0.1) is 11.8 Å². The molecule has 44 heavy (non-hydrogen) atoms. The number of carbonyl (C=O) groups excluding carboxylic acids is 2. The van der Waals surface area contributed by atoms with Gasteiger partial charge < -0.3 is 29.5 Å². The fourth-order valence-electron chi connectivity index (χ4n) is 8.24. The number of halogens is 1. The predicted molar refractivity (Wildman–Crippen MR) is 167 cm³/mol. The van der Waals surface area contributed by atoms with E-state index < -0.39 is 24.1 Å². The highest BCUT2D eigenvalue weighted by Gasteiger charge is 2.47. The van der Waals surface area contributed by atoms with Crippen molar-refractivity contribution in [1.29, 1.82) is 0 Å². The van der Waals surface area contributed by atoms with Crippen LogP contribution in [0.15, 0.2) is 48.6 Å². The van der Waals surface area contributed by atoms with Crippen LogP contribution in [0.25, 0.3) is 0 Å². The molecular weight excluding hydrogens is 580 g/mol. The summed E-state index contributed by atoms with van der Waals surface area (Å²) in [4.78, 5) is 30.8. The first-order valence-corrected chi connectivity index (χ1v) is 16.3. The third-order valence-corrected chi connectivity index (χ3v) is 11.3. The lowest BCUT2D eigenvalue weighted by Crippen LogP contribution is -2.53. The largest absolute Gasteiger partial charge is 0.490 e. The van der Waals surface area contributed by atoms with E-state index in [2.05, 4.69) is 17.0 Å². The average Bonchev–Trinajstić information content (AvgIpc) is 3.12. The van der Waals surface area contributed by atoms with Crippen LogP contribution in [0.4, 0.5) is 5.69 Å². The molecule has 9 heteroatoms. The van der Waals surface area contributed by atoms with Gasteiger partial charge in [-0.3, -0.25) is 4.79 Å². The lowest BCUT2D eigenvalue weighted by Gasteiger charge is -2.45. The highest BCUT2D eigenvalue weighted by atomic mass is 35.5. The topological polar surface area (TPSA) is 99.5 Å². The summed E-state index contributed by atoms with van der Waals surface area (Å²) < 4.78 is 11.7. The molecule has 1 amide bonds. The number of hydrogen-bond donors (Lipinski definition) is 2. The maximum atomic E-state index is 13.5. The molecule has 6 atom stereocenters. The first kappa shape index (κ1) is 29.6. The van der Waals surface area contributed by atoms with Crippen molar-refractivity contribution in [2.45, 2.75) is 74.5 Å². The van der Waals surface area contributed by atoms with E-state index in [4.69, 9.17) is 21.1 Å². The molecular formula is C35H41ClN2O6. The summed E-state index contributed by atoms with van der Waals surface area (Å²) in [7, 11) is 1.23. The zero-order chi connectivity index (χ0) is 30.6. The summed E-state index contributed by atoms with van der Waals surface area (Å²) in [6.45, 7) is 2.44. The lowest BCUT2D eigenvalue weighted by molar-refractivity contribution is -0.169. The zero-order valence-corrected chi connectivity index (χ0v) is 26.0. The summed E-state index contributed by atoms with van der Waals surface area (Å²) >= 11 is 6.41. The van der Waals surface area contributed by atoms with Gasteiger partial charge in [-0.05, 0) is 97.7 Å². The SMILES string of the molecule is COC(=O)[C@]1(O)CC(=O)N2CC[C@@H]2C/C=C/[C@H](O)[C@@H]2CC[C@H]2CN2C[C@@]3(CCCc4cc(Cl)ccc43)COc3ccc1cc32. The van der Waals surface area contributed by atoms with Gasteiger partial charge in [0, 0.05) is 36.1 Å². The normalized spacial score (nSPS) is 33.9. The minimum absolute atomic E-state index is 0.0154. The van der Waals surface area contributed by atoms with Crippen LogP contribution in [-0.2, 0) is 31.8 Å². The van der Waals surface area contributed by atoms with Crippen LogP contribution >= 0.6 is 11.6 Å². The Hall–Kier alpha value is -3.07. The van der Waals surface area contributed by atoms with E-state index in [1.54, 1.807) is 11.0 Å². The van der Waals surface area contributed by atoms with Crippen LogP contribution in [0.5, 0.6) is 5.75 Å². The molecule has 234 valence electrons. The number of nitrogens with zero attached hydrogens (tertiary/aromatic N) is 2. The molecule has 3 aliphatic heterocycles. The fraction of sp³-hybridized carbons (Fsp3) is 0.543. The summed E-state index contributed by atoms with van der Waals surface area (Å²) in [6, 6.07) is 11.5. The van der Waals surface area contributed by atoms with E-state index in [1.807, 2.05) is 30.4 Å². The van der Waals surface area contributed by atoms with Crippen LogP contribution in [0.1, 0.15) is 61.6 Å². The number of aliphatic hydroxyl groups excluding tert-OH is 1. The van der Waals surface area contributed by atoms with Crippen LogP contribution < -0.4 is 9.64 Å². The van der Waals surface area contributed by atoms with Gasteiger partial charge in [0.1, 0.15) is 5.75 Å². The molecule has 0 radical (unpaired) electrons. The van der Waals surface area contributed by atoms with E-state index in [-0.39, 0.29) is 29.2 Å². The van der Waals surface area contributed by atoms with Gasteiger partial charge in [0.15, 0.2) is 5.60 Å². The lowest BCUT2D eigenvalue weighted by atomic mass is 9.68. The third-order valence-electron chi connectivity index (χ3n) is 11.0. The van der Waals surface area contributed by atoms with Crippen molar-refractivity contribution in [3.05, 3.63) is 70.3 Å². The molecule has 2 bridgehead atoms. The van der Waals surface area contributed by atoms with Crippen molar-refractivity contribution in [3.63, 3.8) is 0 Å². The van der Waals surface area contributed by atoms with Crippen molar-refractivity contribution in [2.75, 3.05) is 38.3 Å². The number of rotatable bonds is 1. The Morgan fingerprint density at radius 1 is 1.16 bits per heavy atom. The molecule has 7 rings (SSSR count). The van der Waals surface area contributed by atoms with Gasteiger partial charge in [-0.2, -0.15) is 0 Å². The molecule has 2 aromatic rings. The number of ether oxygens (including phenoxy) is 2. The highest BCUT2D eigenvalue weighted by molar-refractivity contribution is 6.30. The number of amides is 1. The number of esters is 1. The minimum atomic E-state index is -2.15. The van der Waals surface area contributed by atoms with Gasteiger partial charge in [0.05, 0.1) is 31.9 Å². The van der Waals surface area contributed by atoms with E-state index in [9.17, 15) is 19.8 Å². The molecule has 0 unspecified atom stereocenters. The van der Waals surface area contributed by atoms with E-state index >= 15 is 0 Å². The molecule has 1 saturated carbocycles. The van der Waals surface area contributed by atoms with Crippen LogP contribution in [-0.4, -0.2) is 72.5 Å². The van der Waals surface area contributed by atoms with Gasteiger partial charge in [-0.25, -0.2) is 4.79 Å². The Morgan fingerprint density at radius 2 is 2.02 bits per heavy atom. The first-order chi connectivity index (χ1) is 21.2. The molecule has 8 nitrogen and oxygen atoms in total. The summed E-state index contributed by atoms with van der Waals surface area (Å²) in [6.07, 6.45) is 9.31. The van der Waals surface area contributed by atoms with Gasteiger partial charge in [-0.1, -0.05) is 35.9 Å². The molecule has 1 saturated heterocycles. The Bertz CT molecular complexity index is 1500. The van der Waals surface area contributed by atoms with E-state index in [1.165, 1.54) is 18.2 Å². The van der Waals surface area contributed by atoms with Gasteiger partial charge in [0.25, 0.3) is 0 Å². The number of methoxy groups -OCH3 is 1. The third kappa shape index (κ3) is 4.99. The van der Waals surface area contributed by atoms with Crippen molar-refractivity contribution >= 4 is 29.2 Å². The number of carbonyl (C=O) groups is 2. The number of benzene rings is 2. The Balaban J connectivity index is 1.33. The van der Waals surface area contributed by atoms with Gasteiger partial charge in [0.2, 0.25) is 5.91 Å². The highest BCUT2D eigenvalue weighted by Crippen LogP contribution is 2.47. The van der Waals surface area contributed by atoms with E-state index in [0.29, 0.717) is 44.0 Å². The number of hydrogen-bond acceptors (Lipinski definition) is 7. The first-order valence-electron chi connectivity index (χ1n) is 16.0. The summed E-state index contributed by atoms with van der Waals surface area (Å²) in [5.41, 5.74) is 1.16. The van der Waals surface area contributed by atoms with Crippen molar-refractivity contribution in [2.24, 2.45) is 11.8 Å². The zero-order valence-electron chi connectivity index (χ0n) is 25.2. The molecule has 2 aliphatic carbocycles. The second-order valence-electron chi connectivity index (χ2n) is 13.5. The van der Waals surface area contributed by atoms with Gasteiger partial charge in [-0.15, -0.1) is 0 Å². The predicted octanol–water partition coefficient (Wildman–Crippen LogP) is 4.51. The van der Waals surface area contributed by atoms with E-state index in [0.717, 1.165) is 49.2 Å². The maximum absolute atomic E-state index is 13.5. The second kappa shape index (κ2) is 11.4. The Kier molecular flexibility index (Phi) is 7.66. The molecule has 5 aliphatic rings. The van der Waals surface area contributed by atoms with Crippen LogP contribution in [0.3, 0.4) is 0 Å². The van der Waals surface area contributed by atoms with Crippen LogP contribution in [0.2, 0.25) is 5.02 Å². The molecule has 1 spiro atoms. The monoisotopic (exact) mass is 620 g/mol. The number of anilines is 1. The molecule has 2 N–H and O–H groups in total.